The van der Waals surface area contributed by atoms with Gasteiger partial charge in [0.05, 0.1) is 39.0 Å². The zero-order chi connectivity index (χ0) is 33.4. The van der Waals surface area contributed by atoms with E-state index in [1.54, 1.807) is 0 Å². The number of para-hydroxylation sites is 2. The second-order valence-electron chi connectivity index (χ2n) is 14.9. The maximum atomic E-state index is 10.9. The van der Waals surface area contributed by atoms with Crippen LogP contribution in [-0.2, 0) is 10.8 Å². The van der Waals surface area contributed by atoms with Crippen LogP contribution in [0.15, 0.2) is 122 Å². The molecule has 0 saturated carbocycles. The maximum absolute atomic E-state index is 10.9. The number of pyridine rings is 1. The Labute approximate surface area is 281 Å². The minimum absolute atomic E-state index is 0.0142. The average Bonchev–Trinajstić information content (AvgIpc) is 3.59. The Bertz CT molecular complexity index is 2580. The fourth-order valence-electron chi connectivity index (χ4n) is 7.19. The minimum Gasteiger partial charge on any atom is -0.309 e. The van der Waals surface area contributed by atoms with E-state index in [1.165, 1.54) is 32.7 Å². The third kappa shape index (κ3) is 4.61. The minimum atomic E-state index is 0.0142. The number of nitrogens with zero attached hydrogens (tertiary/aromatic N) is 4. The number of aromatic nitrogens is 3. The van der Waals surface area contributed by atoms with Gasteiger partial charge in [-0.1, -0.05) is 96.1 Å². The summed E-state index contributed by atoms with van der Waals surface area (Å²) < 4.78 is 4.59. The van der Waals surface area contributed by atoms with E-state index in [2.05, 4.69) is 165 Å². The molecule has 4 heteroatoms. The molecule has 3 aromatic heterocycles. The largest absolute Gasteiger partial charge is 0.309 e. The molecule has 8 rings (SSSR count). The molecule has 5 aromatic carbocycles. The average molecular weight is 623 g/mol. The highest BCUT2D eigenvalue weighted by Gasteiger charge is 2.24. The molecule has 0 amide bonds. The quantitative estimate of drug-likeness (QED) is 0.197. The molecule has 48 heavy (non-hydrogen) atoms. The van der Waals surface area contributed by atoms with Gasteiger partial charge >= 0.3 is 0 Å². The summed E-state index contributed by atoms with van der Waals surface area (Å²) in [6.45, 7) is 13.5. The molecule has 0 spiro atoms. The summed E-state index contributed by atoms with van der Waals surface area (Å²) in [6.07, 6.45) is 3.73. The van der Waals surface area contributed by atoms with Gasteiger partial charge in [0.15, 0.2) is 0 Å². The first-order valence-electron chi connectivity index (χ1n) is 16.6. The molecular weight excluding hydrogens is 585 g/mol. The Kier molecular flexibility index (Phi) is 6.62. The molecular formula is C44H38N4. The third-order valence-corrected chi connectivity index (χ3v) is 9.77. The van der Waals surface area contributed by atoms with Crippen LogP contribution in [0, 0.1) is 11.3 Å². The van der Waals surface area contributed by atoms with Crippen LogP contribution in [0.25, 0.3) is 66.1 Å². The lowest BCUT2D eigenvalue weighted by Crippen LogP contribution is -2.10. The van der Waals surface area contributed by atoms with Crippen LogP contribution in [0.3, 0.4) is 0 Å². The summed E-state index contributed by atoms with van der Waals surface area (Å²) >= 11 is 0. The molecule has 0 fully saturated rings. The first kappa shape index (κ1) is 29.7. The summed E-state index contributed by atoms with van der Waals surface area (Å²) in [4.78, 5) is 4.53. The van der Waals surface area contributed by atoms with Crippen LogP contribution in [-0.4, -0.2) is 14.1 Å². The Morgan fingerprint density at radius 2 is 1.06 bits per heavy atom. The molecule has 0 N–H and O–H groups in total. The van der Waals surface area contributed by atoms with Crippen LogP contribution in [0.4, 0.5) is 0 Å². The summed E-state index contributed by atoms with van der Waals surface area (Å²) in [7, 11) is 0. The Balaban J connectivity index is 1.48. The second kappa shape index (κ2) is 10.7. The molecule has 0 aliphatic rings. The zero-order valence-corrected chi connectivity index (χ0v) is 28.3. The Morgan fingerprint density at radius 3 is 1.56 bits per heavy atom. The van der Waals surface area contributed by atoms with Gasteiger partial charge in [-0.2, -0.15) is 5.26 Å². The van der Waals surface area contributed by atoms with Crippen molar-refractivity contribution in [2.24, 2.45) is 0 Å². The highest BCUT2D eigenvalue weighted by molar-refractivity contribution is 6.11. The van der Waals surface area contributed by atoms with E-state index in [1.807, 2.05) is 18.5 Å². The van der Waals surface area contributed by atoms with E-state index in [4.69, 9.17) is 0 Å². The zero-order valence-electron chi connectivity index (χ0n) is 28.3. The first-order chi connectivity index (χ1) is 23.0. The van der Waals surface area contributed by atoms with Crippen LogP contribution < -0.4 is 0 Å². The van der Waals surface area contributed by atoms with Crippen molar-refractivity contribution in [3.05, 3.63) is 138 Å². The van der Waals surface area contributed by atoms with Gasteiger partial charge in [0.25, 0.3) is 0 Å². The van der Waals surface area contributed by atoms with Crippen LogP contribution in [0.1, 0.15) is 58.2 Å². The van der Waals surface area contributed by atoms with Crippen molar-refractivity contribution in [1.29, 1.82) is 5.26 Å². The molecule has 0 atom stereocenters. The number of nitriles is 1. The number of hydrogen-bond acceptors (Lipinski definition) is 2. The fourth-order valence-corrected chi connectivity index (χ4v) is 7.19. The highest BCUT2D eigenvalue weighted by Crippen LogP contribution is 2.42. The smallest absolute Gasteiger partial charge is 0.101 e. The molecule has 0 saturated heterocycles. The van der Waals surface area contributed by atoms with Gasteiger partial charge in [-0.15, -0.1) is 0 Å². The number of rotatable bonds is 3. The van der Waals surface area contributed by atoms with E-state index in [-0.39, 0.29) is 10.8 Å². The highest BCUT2D eigenvalue weighted by atomic mass is 15.0. The molecule has 8 aromatic rings. The molecule has 3 heterocycles. The van der Waals surface area contributed by atoms with Crippen molar-refractivity contribution in [2.45, 2.75) is 52.4 Å². The lowest BCUT2D eigenvalue weighted by molar-refractivity contribution is 0.591. The van der Waals surface area contributed by atoms with Gasteiger partial charge in [-0.25, -0.2) is 0 Å². The van der Waals surface area contributed by atoms with Crippen LogP contribution in [0.5, 0.6) is 0 Å². The van der Waals surface area contributed by atoms with E-state index >= 15 is 0 Å². The first-order valence-corrected chi connectivity index (χ1v) is 16.6. The molecule has 234 valence electrons. The fraction of sp³-hybridized carbons (Fsp3) is 0.182. The van der Waals surface area contributed by atoms with Crippen molar-refractivity contribution in [2.75, 3.05) is 0 Å². The van der Waals surface area contributed by atoms with Crippen molar-refractivity contribution in [3.63, 3.8) is 0 Å². The predicted molar refractivity (Wildman–Crippen MR) is 200 cm³/mol. The predicted octanol–water partition coefficient (Wildman–Crippen LogP) is 11.4. The van der Waals surface area contributed by atoms with Gasteiger partial charge in [-0.3, -0.25) is 4.98 Å². The summed E-state index contributed by atoms with van der Waals surface area (Å²) in [5.41, 5.74) is 11.4. The summed E-state index contributed by atoms with van der Waals surface area (Å²) in [5.74, 6) is 0. The van der Waals surface area contributed by atoms with Crippen LogP contribution >= 0.6 is 0 Å². The SMILES string of the molecule is CC(C)(C)c1ccc2c(c1)c1ccccc1n2-c1cc(-c2cccnc2)c(-n2c3ccccc3c3cc(C(C)(C)C)ccc32)cc1C#N. The topological polar surface area (TPSA) is 46.5 Å². The lowest BCUT2D eigenvalue weighted by atomic mass is 9.86. The van der Waals surface area contributed by atoms with Crippen LogP contribution in [0.2, 0.25) is 0 Å². The second-order valence-corrected chi connectivity index (χ2v) is 14.9. The third-order valence-electron chi connectivity index (χ3n) is 9.77. The molecule has 0 bridgehead atoms. The van der Waals surface area contributed by atoms with Crippen molar-refractivity contribution in [1.82, 2.24) is 14.1 Å². The van der Waals surface area contributed by atoms with Gasteiger partial charge in [-0.05, 0) is 76.6 Å². The summed E-state index contributed by atoms with van der Waals surface area (Å²) in [6, 6.07) is 41.6. The molecule has 4 nitrogen and oxygen atoms in total. The van der Waals surface area contributed by atoms with Gasteiger partial charge in [0.2, 0.25) is 0 Å². The van der Waals surface area contributed by atoms with Gasteiger partial charge < -0.3 is 9.13 Å². The van der Waals surface area contributed by atoms with E-state index < -0.39 is 0 Å². The Hall–Kier alpha value is -5.66. The molecule has 0 aliphatic carbocycles. The standard InChI is InChI=1S/C44H38N4/c1-43(2,3)30-17-19-39-35(23-30)32-13-7-9-15-37(32)47(39)41-25-34(28-12-11-21-46-27-28)42(22-29(41)26-45)48-38-16-10-8-14-33(38)36-24-31(44(4,5)6)18-20-40(36)48/h7-25,27H,1-6H3. The van der Waals surface area contributed by atoms with E-state index in [0.717, 1.165) is 44.6 Å². The van der Waals surface area contributed by atoms with Crippen molar-refractivity contribution in [3.8, 4) is 28.6 Å². The van der Waals surface area contributed by atoms with E-state index in [9.17, 15) is 5.26 Å². The normalized spacial score (nSPS) is 12.4. The van der Waals surface area contributed by atoms with Crippen molar-refractivity contribution >= 4 is 43.6 Å². The number of fused-ring (bicyclic) bond motifs is 6. The molecule has 0 radical (unpaired) electrons. The lowest BCUT2D eigenvalue weighted by Gasteiger charge is -2.20. The Morgan fingerprint density at radius 1 is 0.542 bits per heavy atom. The van der Waals surface area contributed by atoms with E-state index in [0.29, 0.717) is 5.56 Å². The summed E-state index contributed by atoms with van der Waals surface area (Å²) in [5, 5.41) is 15.6. The molecule has 0 unspecified atom stereocenters. The van der Waals surface area contributed by atoms with Gasteiger partial charge in [0, 0.05) is 45.1 Å². The maximum Gasteiger partial charge on any atom is 0.101 e. The number of hydrogen-bond donors (Lipinski definition) is 0. The molecule has 0 aliphatic heterocycles. The van der Waals surface area contributed by atoms with Gasteiger partial charge in [0.1, 0.15) is 6.07 Å². The number of benzene rings is 5. The monoisotopic (exact) mass is 622 g/mol. The van der Waals surface area contributed by atoms with Crippen molar-refractivity contribution < 1.29 is 0 Å².